The quantitative estimate of drug-likeness (QED) is 0.696. The molecule has 0 aliphatic heterocycles. The molecule has 20 heavy (non-hydrogen) atoms. The molecule has 0 aliphatic carbocycles. The van der Waals surface area contributed by atoms with Crippen molar-refractivity contribution in [3.8, 4) is 0 Å². The van der Waals surface area contributed by atoms with Crippen molar-refractivity contribution in [1.82, 2.24) is 10.0 Å². The van der Waals surface area contributed by atoms with Crippen LogP contribution < -0.4 is 15.8 Å². The zero-order valence-corrected chi connectivity index (χ0v) is 13.0. The second-order valence-corrected chi connectivity index (χ2v) is 6.31. The lowest BCUT2D eigenvalue weighted by Crippen LogP contribution is -2.44. The van der Waals surface area contributed by atoms with Gasteiger partial charge in [-0.1, -0.05) is 6.07 Å². The maximum Gasteiger partial charge on any atom is 0.243 e. The van der Waals surface area contributed by atoms with Gasteiger partial charge < -0.3 is 11.1 Å². The van der Waals surface area contributed by atoms with Gasteiger partial charge in [0, 0.05) is 6.54 Å². The van der Waals surface area contributed by atoms with E-state index in [0.717, 1.165) is 5.56 Å². The van der Waals surface area contributed by atoms with E-state index in [4.69, 9.17) is 5.73 Å². The minimum Gasteiger partial charge on any atom is -0.398 e. The van der Waals surface area contributed by atoms with Crippen LogP contribution in [0.15, 0.2) is 17.0 Å². The molecule has 0 aromatic heterocycles. The molecule has 1 amide bonds. The van der Waals surface area contributed by atoms with Crippen molar-refractivity contribution in [2.45, 2.75) is 38.6 Å². The summed E-state index contributed by atoms with van der Waals surface area (Å²) in [6.07, 6.45) is 0. The van der Waals surface area contributed by atoms with E-state index in [1.54, 1.807) is 32.9 Å². The molecule has 4 N–H and O–H groups in total. The lowest BCUT2D eigenvalue weighted by molar-refractivity contribution is -0.122. The van der Waals surface area contributed by atoms with Crippen molar-refractivity contribution in [3.05, 3.63) is 23.3 Å². The number of amides is 1. The van der Waals surface area contributed by atoms with E-state index in [-0.39, 0.29) is 16.5 Å². The van der Waals surface area contributed by atoms with Gasteiger partial charge in [-0.25, -0.2) is 8.42 Å². The van der Waals surface area contributed by atoms with Crippen LogP contribution >= 0.6 is 0 Å². The maximum absolute atomic E-state index is 12.4. The number of nitrogen functional groups attached to an aromatic ring is 1. The van der Waals surface area contributed by atoms with Gasteiger partial charge >= 0.3 is 0 Å². The molecule has 0 saturated carbocycles. The molecule has 1 aromatic carbocycles. The number of hydrogen-bond acceptors (Lipinski definition) is 4. The highest BCUT2D eigenvalue weighted by Gasteiger charge is 2.25. The van der Waals surface area contributed by atoms with Crippen molar-refractivity contribution >= 4 is 21.6 Å². The summed E-state index contributed by atoms with van der Waals surface area (Å²) in [4.78, 5) is 11.7. The van der Waals surface area contributed by atoms with E-state index >= 15 is 0 Å². The summed E-state index contributed by atoms with van der Waals surface area (Å²) in [5.41, 5.74) is 7.35. The Morgan fingerprint density at radius 3 is 2.50 bits per heavy atom. The Balaban J connectivity index is 3.13. The number of likely N-dealkylation sites (N-methyl/N-ethyl adjacent to an activating group) is 1. The largest absolute Gasteiger partial charge is 0.398 e. The Labute approximate surface area is 119 Å². The summed E-state index contributed by atoms with van der Waals surface area (Å²) in [6.45, 7) is 7.19. The highest BCUT2D eigenvalue weighted by molar-refractivity contribution is 7.89. The average molecular weight is 299 g/mol. The fourth-order valence-electron chi connectivity index (χ4n) is 1.84. The minimum absolute atomic E-state index is 0.0358. The van der Waals surface area contributed by atoms with Crippen LogP contribution in [-0.4, -0.2) is 26.9 Å². The predicted molar refractivity (Wildman–Crippen MR) is 78.8 cm³/mol. The molecular formula is C13H21N3O3S. The van der Waals surface area contributed by atoms with Gasteiger partial charge in [0.05, 0.1) is 11.7 Å². The fraction of sp³-hybridized carbons (Fsp3) is 0.462. The Bertz CT molecular complexity index is 612. The number of rotatable bonds is 5. The van der Waals surface area contributed by atoms with Gasteiger partial charge in [0.15, 0.2) is 0 Å². The molecule has 0 saturated heterocycles. The Hall–Kier alpha value is -1.60. The highest BCUT2D eigenvalue weighted by Crippen LogP contribution is 2.25. The van der Waals surface area contributed by atoms with Crippen molar-refractivity contribution in [3.63, 3.8) is 0 Å². The third-order valence-electron chi connectivity index (χ3n) is 3.05. The first-order valence-electron chi connectivity index (χ1n) is 6.36. The summed E-state index contributed by atoms with van der Waals surface area (Å²) in [7, 11) is -3.84. The summed E-state index contributed by atoms with van der Waals surface area (Å²) in [5.74, 6) is -0.375. The standard InChI is InChI=1S/C13H21N3O3S/c1-5-15-13(17)10(4)16-20(18,19)12-9(3)8(2)6-7-11(12)14/h6-7,10,16H,5,14H2,1-4H3,(H,15,17). The van der Waals surface area contributed by atoms with Crippen LogP contribution in [0, 0.1) is 13.8 Å². The van der Waals surface area contributed by atoms with Gasteiger partial charge in [-0.2, -0.15) is 4.72 Å². The van der Waals surface area contributed by atoms with Crippen molar-refractivity contribution < 1.29 is 13.2 Å². The number of nitrogens with two attached hydrogens (primary N) is 1. The van der Waals surface area contributed by atoms with Crippen molar-refractivity contribution in [1.29, 1.82) is 0 Å². The van der Waals surface area contributed by atoms with E-state index in [2.05, 4.69) is 10.0 Å². The van der Waals surface area contributed by atoms with E-state index in [1.807, 2.05) is 0 Å². The highest BCUT2D eigenvalue weighted by atomic mass is 32.2. The molecule has 112 valence electrons. The molecule has 6 nitrogen and oxygen atoms in total. The number of nitrogens with one attached hydrogen (secondary N) is 2. The molecule has 0 fully saturated rings. The predicted octanol–water partition coefficient (Wildman–Crippen LogP) is 0.689. The number of anilines is 1. The van der Waals surface area contributed by atoms with Gasteiger partial charge in [0.2, 0.25) is 15.9 Å². The summed E-state index contributed by atoms with van der Waals surface area (Å²) in [6, 6.07) is 2.45. The van der Waals surface area contributed by atoms with E-state index < -0.39 is 16.1 Å². The zero-order valence-electron chi connectivity index (χ0n) is 12.1. The van der Waals surface area contributed by atoms with Gasteiger partial charge in [0.1, 0.15) is 4.90 Å². The van der Waals surface area contributed by atoms with E-state index in [1.165, 1.54) is 6.92 Å². The lowest BCUT2D eigenvalue weighted by atomic mass is 10.1. The summed E-state index contributed by atoms with van der Waals surface area (Å²) < 4.78 is 27.1. The molecule has 1 aromatic rings. The average Bonchev–Trinajstić information content (AvgIpc) is 2.33. The second-order valence-electron chi connectivity index (χ2n) is 4.66. The molecule has 7 heteroatoms. The Morgan fingerprint density at radius 2 is 1.95 bits per heavy atom. The molecule has 0 radical (unpaired) electrons. The maximum atomic E-state index is 12.4. The summed E-state index contributed by atoms with van der Waals surface area (Å²) in [5, 5.41) is 2.56. The zero-order chi connectivity index (χ0) is 15.5. The van der Waals surface area contributed by atoms with Crippen LogP contribution in [0.5, 0.6) is 0 Å². The van der Waals surface area contributed by atoms with Gasteiger partial charge in [-0.05, 0) is 44.9 Å². The summed E-state index contributed by atoms with van der Waals surface area (Å²) >= 11 is 0. The number of benzene rings is 1. The fourth-order valence-corrected chi connectivity index (χ4v) is 3.47. The van der Waals surface area contributed by atoms with Crippen LogP contribution in [0.25, 0.3) is 0 Å². The lowest BCUT2D eigenvalue weighted by Gasteiger charge is -2.17. The van der Waals surface area contributed by atoms with E-state index in [0.29, 0.717) is 12.1 Å². The smallest absolute Gasteiger partial charge is 0.243 e. The SMILES string of the molecule is CCNC(=O)C(C)NS(=O)(=O)c1c(N)ccc(C)c1C. The van der Waals surface area contributed by atoms with Crippen molar-refractivity contribution in [2.24, 2.45) is 0 Å². The molecule has 0 spiro atoms. The third-order valence-corrected chi connectivity index (χ3v) is 4.80. The minimum atomic E-state index is -3.84. The second kappa shape index (κ2) is 6.23. The van der Waals surface area contributed by atoms with Crippen LogP contribution in [0.1, 0.15) is 25.0 Å². The van der Waals surface area contributed by atoms with Crippen molar-refractivity contribution in [2.75, 3.05) is 12.3 Å². The Morgan fingerprint density at radius 1 is 1.35 bits per heavy atom. The molecule has 0 aliphatic rings. The molecule has 0 bridgehead atoms. The normalized spacial score (nSPS) is 13.0. The van der Waals surface area contributed by atoms with E-state index in [9.17, 15) is 13.2 Å². The van der Waals surface area contributed by atoms with Crippen LogP contribution in [-0.2, 0) is 14.8 Å². The van der Waals surface area contributed by atoms with Gasteiger partial charge in [-0.15, -0.1) is 0 Å². The molecular weight excluding hydrogens is 278 g/mol. The van der Waals surface area contributed by atoms with Gasteiger partial charge in [0.25, 0.3) is 0 Å². The third kappa shape index (κ3) is 3.49. The first kappa shape index (κ1) is 16.5. The first-order chi connectivity index (χ1) is 9.20. The number of carbonyl (C=O) groups is 1. The molecule has 1 rings (SSSR count). The number of aryl methyl sites for hydroxylation is 1. The number of carbonyl (C=O) groups excluding carboxylic acids is 1. The number of sulfonamides is 1. The molecule has 1 unspecified atom stereocenters. The topological polar surface area (TPSA) is 101 Å². The first-order valence-corrected chi connectivity index (χ1v) is 7.84. The Kier molecular flexibility index (Phi) is 5.13. The van der Waals surface area contributed by atoms with Crippen LogP contribution in [0.2, 0.25) is 0 Å². The monoisotopic (exact) mass is 299 g/mol. The van der Waals surface area contributed by atoms with Crippen LogP contribution in [0.4, 0.5) is 5.69 Å². The molecule has 1 atom stereocenters. The number of hydrogen-bond donors (Lipinski definition) is 3. The van der Waals surface area contributed by atoms with Crippen LogP contribution in [0.3, 0.4) is 0 Å². The van der Waals surface area contributed by atoms with Gasteiger partial charge in [-0.3, -0.25) is 4.79 Å². The molecule has 0 heterocycles.